The minimum atomic E-state index is -0.262. The largest absolute Gasteiger partial charge is 0.322 e. The van der Waals surface area contributed by atoms with Crippen LogP contribution in [0.4, 0.5) is 4.39 Å². The average molecular weight is 489 g/mol. The number of nitrogens with one attached hydrogen (secondary N) is 1. The number of hydrogen-bond donors (Lipinski definition) is 1. The third-order valence-electron chi connectivity index (χ3n) is 7.24. The highest BCUT2D eigenvalue weighted by atomic mass is 19.1. The van der Waals surface area contributed by atoms with Crippen LogP contribution in [0.25, 0.3) is 10.9 Å². The van der Waals surface area contributed by atoms with Crippen molar-refractivity contribution in [3.8, 4) is 0 Å². The number of hydrogen-bond acceptors (Lipinski definition) is 5. The van der Waals surface area contributed by atoms with E-state index >= 15 is 0 Å². The summed E-state index contributed by atoms with van der Waals surface area (Å²) in [6.07, 6.45) is 6.33. The van der Waals surface area contributed by atoms with Crippen LogP contribution in [0.15, 0.2) is 53.3 Å². The van der Waals surface area contributed by atoms with E-state index in [1.165, 1.54) is 25.0 Å². The maximum absolute atomic E-state index is 13.6. The number of H-pyrrole nitrogens is 1. The minimum Gasteiger partial charge on any atom is -0.322 e. The molecule has 1 unspecified atom stereocenters. The van der Waals surface area contributed by atoms with Crippen LogP contribution in [-0.2, 0) is 13.1 Å². The highest BCUT2D eigenvalue weighted by Crippen LogP contribution is 2.34. The number of rotatable bonds is 9. The van der Waals surface area contributed by atoms with E-state index in [1.54, 1.807) is 12.1 Å². The number of aryl methyl sites for hydroxylation is 1. The van der Waals surface area contributed by atoms with Crippen LogP contribution < -0.4 is 5.56 Å². The number of halogens is 1. The fraction of sp³-hybridized carbons (Fsp3) is 0.429. The molecule has 2 aromatic heterocycles. The lowest BCUT2D eigenvalue weighted by atomic mass is 10.0. The normalized spacial score (nSPS) is 15.2. The summed E-state index contributed by atoms with van der Waals surface area (Å²) in [6.45, 7) is 5.18. The Bertz CT molecular complexity index is 1370. The molecule has 0 bridgehead atoms. The molecule has 4 aromatic rings. The highest BCUT2D eigenvalue weighted by molar-refractivity contribution is 5.79. The molecule has 1 saturated carbocycles. The predicted octanol–water partition coefficient (Wildman–Crippen LogP) is 5.62. The van der Waals surface area contributed by atoms with Crippen molar-refractivity contribution in [3.05, 3.63) is 87.2 Å². The highest BCUT2D eigenvalue weighted by Gasteiger charge is 2.30. The molecule has 5 rings (SSSR count). The summed E-state index contributed by atoms with van der Waals surface area (Å²) in [4.78, 5) is 18.4. The molecule has 0 saturated heterocycles. The van der Waals surface area contributed by atoms with E-state index in [1.807, 2.05) is 29.8 Å². The van der Waals surface area contributed by atoms with E-state index in [-0.39, 0.29) is 17.4 Å². The van der Waals surface area contributed by atoms with E-state index in [4.69, 9.17) is 0 Å². The Labute approximate surface area is 210 Å². The zero-order valence-corrected chi connectivity index (χ0v) is 21.0. The van der Waals surface area contributed by atoms with Crippen LogP contribution in [0.3, 0.4) is 0 Å². The summed E-state index contributed by atoms with van der Waals surface area (Å²) < 4.78 is 15.7. The van der Waals surface area contributed by atoms with Gasteiger partial charge in [-0.25, -0.2) is 9.07 Å². The van der Waals surface area contributed by atoms with Crippen LogP contribution in [0.2, 0.25) is 0 Å². The van der Waals surface area contributed by atoms with Gasteiger partial charge in [0.05, 0.1) is 12.1 Å². The molecule has 1 aliphatic carbocycles. The van der Waals surface area contributed by atoms with Gasteiger partial charge >= 0.3 is 0 Å². The molecule has 8 heteroatoms. The number of tetrazole rings is 1. The zero-order valence-electron chi connectivity index (χ0n) is 21.0. The lowest BCUT2D eigenvalue weighted by Gasteiger charge is -2.31. The molecule has 188 valence electrons. The predicted molar refractivity (Wildman–Crippen MR) is 138 cm³/mol. The fourth-order valence-electron chi connectivity index (χ4n) is 5.39. The van der Waals surface area contributed by atoms with Gasteiger partial charge in [-0.2, -0.15) is 0 Å². The molecule has 2 aromatic carbocycles. The third-order valence-corrected chi connectivity index (χ3v) is 7.24. The van der Waals surface area contributed by atoms with Crippen molar-refractivity contribution in [2.75, 3.05) is 0 Å². The SMILES string of the molecule is CCCC(c1nnnn1C1CCCC1)N(Cc1ccc(F)cc1)Cc1cc2cc(C)ccc2[nH]c1=O. The molecule has 7 nitrogen and oxygen atoms in total. The van der Waals surface area contributed by atoms with Crippen molar-refractivity contribution in [3.63, 3.8) is 0 Å². The number of aromatic amines is 1. The minimum absolute atomic E-state index is 0.0803. The average Bonchev–Trinajstić information content (AvgIpc) is 3.56. The van der Waals surface area contributed by atoms with Crippen LogP contribution >= 0.6 is 0 Å². The molecule has 0 aliphatic heterocycles. The van der Waals surface area contributed by atoms with Crippen LogP contribution in [0.1, 0.15) is 80.0 Å². The Kier molecular flexibility index (Phi) is 7.23. The summed E-state index contributed by atoms with van der Waals surface area (Å²) in [5.74, 6) is 0.584. The van der Waals surface area contributed by atoms with Crippen molar-refractivity contribution in [1.29, 1.82) is 0 Å². The summed E-state index contributed by atoms with van der Waals surface area (Å²) in [7, 11) is 0. The van der Waals surface area contributed by atoms with Crippen molar-refractivity contribution in [1.82, 2.24) is 30.1 Å². The number of benzene rings is 2. The molecule has 1 fully saturated rings. The fourth-order valence-corrected chi connectivity index (χ4v) is 5.39. The first kappa shape index (κ1) is 24.3. The van der Waals surface area contributed by atoms with Crippen molar-refractivity contribution in [2.45, 2.75) is 77.5 Å². The third kappa shape index (κ3) is 5.23. The second-order valence-corrected chi connectivity index (χ2v) is 9.97. The van der Waals surface area contributed by atoms with E-state index in [9.17, 15) is 9.18 Å². The molecular weight excluding hydrogens is 455 g/mol. The number of nitrogens with zero attached hydrogens (tertiary/aromatic N) is 5. The topological polar surface area (TPSA) is 79.7 Å². The molecule has 0 amide bonds. The van der Waals surface area contributed by atoms with Crippen LogP contribution in [-0.4, -0.2) is 30.1 Å². The molecule has 36 heavy (non-hydrogen) atoms. The van der Waals surface area contributed by atoms with Crippen molar-refractivity contribution >= 4 is 10.9 Å². The Morgan fingerprint density at radius 3 is 2.64 bits per heavy atom. The van der Waals surface area contributed by atoms with Crippen molar-refractivity contribution in [2.24, 2.45) is 0 Å². The lowest BCUT2D eigenvalue weighted by molar-refractivity contribution is 0.153. The van der Waals surface area contributed by atoms with Gasteiger partial charge in [-0.05, 0) is 77.9 Å². The van der Waals surface area contributed by atoms with Gasteiger partial charge < -0.3 is 4.98 Å². The zero-order chi connectivity index (χ0) is 25.1. The number of fused-ring (bicyclic) bond motifs is 1. The van der Waals surface area contributed by atoms with Gasteiger partial charge in [0.15, 0.2) is 5.82 Å². The number of pyridine rings is 1. The molecule has 1 aliphatic rings. The molecule has 2 heterocycles. The summed E-state index contributed by atoms with van der Waals surface area (Å²) >= 11 is 0. The van der Waals surface area contributed by atoms with Gasteiger partial charge in [0.1, 0.15) is 5.82 Å². The quantitative estimate of drug-likeness (QED) is 0.331. The van der Waals surface area contributed by atoms with Gasteiger partial charge in [0.2, 0.25) is 0 Å². The standard InChI is InChI=1S/C28H33FN6O/c1-3-6-26(27-31-32-33-35(27)24-7-4-5-8-24)34(17-20-10-12-23(29)13-11-20)18-22-16-21-15-19(2)9-14-25(21)30-28(22)36/h9-16,24,26H,3-8,17-18H2,1-2H3,(H,30,36). The Balaban J connectivity index is 1.55. The first-order valence-corrected chi connectivity index (χ1v) is 12.9. The van der Waals surface area contributed by atoms with Gasteiger partial charge in [-0.15, -0.1) is 5.10 Å². The molecule has 0 spiro atoms. The second kappa shape index (κ2) is 10.7. The monoisotopic (exact) mass is 488 g/mol. The van der Waals surface area contributed by atoms with E-state index in [2.05, 4.69) is 38.4 Å². The lowest BCUT2D eigenvalue weighted by Crippen LogP contribution is -2.33. The summed E-state index contributed by atoms with van der Waals surface area (Å²) in [5.41, 5.74) is 3.54. The first-order chi connectivity index (χ1) is 17.5. The summed E-state index contributed by atoms with van der Waals surface area (Å²) in [6, 6.07) is 14.8. The molecule has 1 atom stereocenters. The van der Waals surface area contributed by atoms with Crippen LogP contribution in [0, 0.1) is 12.7 Å². The van der Waals surface area contributed by atoms with Gasteiger partial charge in [-0.3, -0.25) is 9.69 Å². The molecular formula is C28H33FN6O. The van der Waals surface area contributed by atoms with Crippen LogP contribution in [0.5, 0.6) is 0 Å². The van der Waals surface area contributed by atoms with E-state index in [0.29, 0.717) is 24.7 Å². The molecule has 1 N–H and O–H groups in total. The Hall–Kier alpha value is -3.39. The second-order valence-electron chi connectivity index (χ2n) is 9.97. The van der Waals surface area contributed by atoms with E-state index in [0.717, 1.165) is 53.5 Å². The van der Waals surface area contributed by atoms with Gasteiger partial charge in [-0.1, -0.05) is 49.9 Å². The smallest absolute Gasteiger partial charge is 0.252 e. The van der Waals surface area contributed by atoms with Crippen molar-refractivity contribution < 1.29 is 4.39 Å². The maximum Gasteiger partial charge on any atom is 0.252 e. The Morgan fingerprint density at radius 2 is 1.89 bits per heavy atom. The maximum atomic E-state index is 13.6. The Morgan fingerprint density at radius 1 is 1.11 bits per heavy atom. The number of aromatic nitrogens is 5. The van der Waals surface area contributed by atoms with E-state index < -0.39 is 0 Å². The van der Waals surface area contributed by atoms with Gasteiger partial charge in [0.25, 0.3) is 5.56 Å². The molecule has 0 radical (unpaired) electrons. The summed E-state index contributed by atoms with van der Waals surface area (Å²) in [5, 5.41) is 14.0. The van der Waals surface area contributed by atoms with Gasteiger partial charge in [0, 0.05) is 24.2 Å². The first-order valence-electron chi connectivity index (χ1n) is 12.9.